The summed E-state index contributed by atoms with van der Waals surface area (Å²) in [7, 11) is 0. The summed E-state index contributed by atoms with van der Waals surface area (Å²) in [4.78, 5) is 44.6. The molecule has 0 N–H and O–H groups in total. The van der Waals surface area contributed by atoms with Crippen LogP contribution in [0.2, 0.25) is 5.02 Å². The zero-order chi connectivity index (χ0) is 23.6. The van der Waals surface area contributed by atoms with Gasteiger partial charge in [0.05, 0.1) is 23.6 Å². The summed E-state index contributed by atoms with van der Waals surface area (Å²) in [6, 6.07) is 20.2. The molecule has 0 radical (unpaired) electrons. The van der Waals surface area contributed by atoms with E-state index in [2.05, 4.69) is 15.9 Å². The Balaban J connectivity index is 1.51. The number of rotatable bonds is 3. The number of imide groups is 1. The van der Waals surface area contributed by atoms with Crippen LogP contribution in [0.4, 0.5) is 11.4 Å². The van der Waals surface area contributed by atoms with Crippen LogP contribution in [0.3, 0.4) is 0 Å². The number of halogens is 2. The van der Waals surface area contributed by atoms with Gasteiger partial charge in [0.15, 0.2) is 5.78 Å². The van der Waals surface area contributed by atoms with E-state index in [0.717, 1.165) is 15.7 Å². The number of carbonyl (C=O) groups is 3. The van der Waals surface area contributed by atoms with Crippen molar-refractivity contribution in [1.29, 1.82) is 0 Å². The Labute approximate surface area is 209 Å². The van der Waals surface area contributed by atoms with Gasteiger partial charge in [-0.05, 0) is 42.0 Å². The van der Waals surface area contributed by atoms with E-state index in [1.165, 1.54) is 4.90 Å². The van der Waals surface area contributed by atoms with E-state index in [4.69, 9.17) is 11.6 Å². The predicted molar refractivity (Wildman–Crippen MR) is 135 cm³/mol. The van der Waals surface area contributed by atoms with Gasteiger partial charge in [0.25, 0.3) is 0 Å². The van der Waals surface area contributed by atoms with Gasteiger partial charge in [-0.3, -0.25) is 14.4 Å². The second-order valence-corrected chi connectivity index (χ2v) is 10.0. The number of benzene rings is 3. The summed E-state index contributed by atoms with van der Waals surface area (Å²) in [5.41, 5.74) is 2.67. The van der Waals surface area contributed by atoms with Crippen molar-refractivity contribution in [3.8, 4) is 0 Å². The molecule has 3 aliphatic rings. The molecular weight excluding hydrogens is 516 g/mol. The maximum absolute atomic E-state index is 13.9. The van der Waals surface area contributed by atoms with Crippen LogP contribution in [0.15, 0.2) is 83.3 Å². The highest BCUT2D eigenvalue weighted by Gasteiger charge is 2.64. The number of anilines is 2. The highest BCUT2D eigenvalue weighted by molar-refractivity contribution is 9.10. The molecule has 2 fully saturated rings. The lowest BCUT2D eigenvalue weighted by molar-refractivity contribution is -0.122. The molecule has 0 bridgehead atoms. The molecule has 3 aliphatic heterocycles. The molecule has 7 heteroatoms. The van der Waals surface area contributed by atoms with Crippen LogP contribution in [0.1, 0.15) is 15.9 Å². The highest BCUT2D eigenvalue weighted by atomic mass is 79.9. The van der Waals surface area contributed by atoms with Crippen molar-refractivity contribution in [2.45, 2.75) is 12.1 Å². The quantitative estimate of drug-likeness (QED) is 0.335. The van der Waals surface area contributed by atoms with Gasteiger partial charge in [-0.1, -0.05) is 76.1 Å². The molecule has 6 rings (SSSR count). The number of para-hydroxylation sites is 1. The van der Waals surface area contributed by atoms with E-state index in [1.807, 2.05) is 29.2 Å². The van der Waals surface area contributed by atoms with E-state index < -0.39 is 23.9 Å². The summed E-state index contributed by atoms with van der Waals surface area (Å²) >= 11 is 9.74. The van der Waals surface area contributed by atoms with E-state index in [0.29, 0.717) is 16.3 Å². The molecule has 4 unspecified atom stereocenters. The van der Waals surface area contributed by atoms with Gasteiger partial charge in [0.2, 0.25) is 11.8 Å². The topological polar surface area (TPSA) is 57.7 Å². The fourth-order valence-electron chi connectivity index (χ4n) is 5.45. The van der Waals surface area contributed by atoms with Crippen molar-refractivity contribution in [2.75, 3.05) is 9.80 Å². The monoisotopic (exact) mass is 532 g/mol. The lowest BCUT2D eigenvalue weighted by Crippen LogP contribution is -2.48. The molecule has 3 heterocycles. The molecule has 2 amide bonds. The summed E-state index contributed by atoms with van der Waals surface area (Å²) in [6.45, 7) is 0. The predicted octanol–water partition coefficient (Wildman–Crippen LogP) is 5.38. The van der Waals surface area contributed by atoms with Gasteiger partial charge in [-0.2, -0.15) is 0 Å². The average molecular weight is 534 g/mol. The number of hydrogen-bond donors (Lipinski definition) is 0. The van der Waals surface area contributed by atoms with Crippen LogP contribution in [0.25, 0.3) is 6.08 Å². The smallest absolute Gasteiger partial charge is 0.240 e. The van der Waals surface area contributed by atoms with Crippen LogP contribution in [0, 0.1) is 11.8 Å². The number of hydrogen-bond acceptors (Lipinski definition) is 4. The minimum absolute atomic E-state index is 0.192. The molecule has 3 aromatic rings. The largest absolute Gasteiger partial charge is 0.352 e. The number of ketones is 1. The second kappa shape index (κ2) is 7.93. The molecular formula is C27H18BrClN2O3. The fourth-order valence-corrected chi connectivity index (χ4v) is 5.88. The van der Waals surface area contributed by atoms with Crippen molar-refractivity contribution in [2.24, 2.45) is 11.8 Å². The Bertz CT molecular complexity index is 1370. The Morgan fingerprint density at radius 3 is 2.32 bits per heavy atom. The lowest BCUT2D eigenvalue weighted by Gasteiger charge is -2.36. The Hall–Kier alpha value is -3.22. The van der Waals surface area contributed by atoms with Crippen LogP contribution in [-0.4, -0.2) is 29.7 Å². The van der Waals surface area contributed by atoms with Gasteiger partial charge >= 0.3 is 0 Å². The fraction of sp³-hybridized carbons (Fsp3) is 0.148. The van der Waals surface area contributed by atoms with Crippen molar-refractivity contribution < 1.29 is 14.4 Å². The van der Waals surface area contributed by atoms with Crippen LogP contribution in [-0.2, 0) is 9.59 Å². The SMILES string of the molecule is O=C(c1ccc(Br)cc1)C1C2C(=O)N(c3ccccc3)C(=O)C2C2C=Cc3ccc(Cl)cc3N21. The van der Waals surface area contributed by atoms with Crippen LogP contribution in [0.5, 0.6) is 0 Å². The summed E-state index contributed by atoms with van der Waals surface area (Å²) in [5.74, 6) is -2.29. The van der Waals surface area contributed by atoms with Gasteiger partial charge in [-0.25, -0.2) is 4.90 Å². The van der Waals surface area contributed by atoms with E-state index in [9.17, 15) is 14.4 Å². The summed E-state index contributed by atoms with van der Waals surface area (Å²) in [5, 5.41) is 0.531. The molecule has 4 atom stereocenters. The molecule has 0 aromatic heterocycles. The molecule has 0 aliphatic carbocycles. The normalized spacial score (nSPS) is 24.8. The maximum atomic E-state index is 13.9. The number of amides is 2. The molecule has 3 aromatic carbocycles. The highest BCUT2D eigenvalue weighted by Crippen LogP contribution is 2.50. The van der Waals surface area contributed by atoms with Crippen molar-refractivity contribution in [3.05, 3.63) is 99.5 Å². The van der Waals surface area contributed by atoms with Gasteiger partial charge in [0.1, 0.15) is 6.04 Å². The minimum atomic E-state index is -0.830. The molecule has 2 saturated heterocycles. The Morgan fingerprint density at radius 1 is 0.882 bits per heavy atom. The first-order chi connectivity index (χ1) is 16.5. The van der Waals surface area contributed by atoms with Gasteiger partial charge in [0, 0.05) is 20.7 Å². The van der Waals surface area contributed by atoms with Crippen molar-refractivity contribution in [3.63, 3.8) is 0 Å². The van der Waals surface area contributed by atoms with Crippen molar-refractivity contribution in [1.82, 2.24) is 0 Å². The second-order valence-electron chi connectivity index (χ2n) is 8.68. The van der Waals surface area contributed by atoms with E-state index in [-0.39, 0.29) is 17.6 Å². The molecule has 0 spiro atoms. The van der Waals surface area contributed by atoms with Crippen LogP contribution < -0.4 is 9.80 Å². The molecule has 5 nitrogen and oxygen atoms in total. The average Bonchev–Trinajstić information content (AvgIpc) is 3.32. The first-order valence-corrected chi connectivity index (χ1v) is 12.1. The van der Waals surface area contributed by atoms with Crippen molar-refractivity contribution >= 4 is 62.6 Å². The third-order valence-electron chi connectivity index (χ3n) is 6.88. The number of carbonyl (C=O) groups excluding carboxylic acids is 3. The minimum Gasteiger partial charge on any atom is -0.352 e. The summed E-state index contributed by atoms with van der Waals surface area (Å²) in [6.07, 6.45) is 3.88. The number of fused-ring (bicyclic) bond motifs is 5. The Kier molecular flexibility index (Phi) is 4.97. The zero-order valence-corrected chi connectivity index (χ0v) is 20.1. The maximum Gasteiger partial charge on any atom is 0.240 e. The van der Waals surface area contributed by atoms with E-state index in [1.54, 1.807) is 60.7 Å². The van der Waals surface area contributed by atoms with Gasteiger partial charge in [-0.15, -0.1) is 0 Å². The van der Waals surface area contributed by atoms with Crippen LogP contribution >= 0.6 is 27.5 Å². The van der Waals surface area contributed by atoms with Gasteiger partial charge < -0.3 is 4.90 Å². The molecule has 0 saturated carbocycles. The Morgan fingerprint density at radius 2 is 1.59 bits per heavy atom. The first-order valence-electron chi connectivity index (χ1n) is 10.9. The summed E-state index contributed by atoms with van der Waals surface area (Å²) < 4.78 is 0.853. The lowest BCUT2D eigenvalue weighted by atomic mass is 9.86. The molecule has 34 heavy (non-hydrogen) atoms. The third kappa shape index (κ3) is 3.09. The number of nitrogens with zero attached hydrogens (tertiary/aromatic N) is 2. The van der Waals surface area contributed by atoms with E-state index >= 15 is 0 Å². The first kappa shape index (κ1) is 21.3. The zero-order valence-electron chi connectivity index (χ0n) is 17.8. The third-order valence-corrected chi connectivity index (χ3v) is 7.65. The number of Topliss-reactive ketones (excluding diaryl/α,β-unsaturated/α-hetero) is 1. The molecule has 168 valence electrons. The standard InChI is InChI=1S/C27H18BrClN2O3/c28-17-10-6-16(7-11-17)25(32)24-23-22(26(33)30(27(23)34)19-4-2-1-3-5-19)20-13-9-15-8-12-18(29)14-21(15)31(20)24/h1-14,20,22-24H.